The second-order valence-corrected chi connectivity index (χ2v) is 6.04. The number of imide groups is 1. The second-order valence-electron chi connectivity index (χ2n) is 6.04. The lowest BCUT2D eigenvalue weighted by Gasteiger charge is -2.17. The van der Waals surface area contributed by atoms with Gasteiger partial charge in [0.1, 0.15) is 5.82 Å². The molecule has 0 N–H and O–H groups in total. The van der Waals surface area contributed by atoms with Crippen LogP contribution < -0.4 is 0 Å². The lowest BCUT2D eigenvalue weighted by Crippen LogP contribution is -2.33. The Labute approximate surface area is 129 Å². The molecule has 0 aromatic heterocycles. The molecular weight excluding hydrogens is 285 g/mol. The Balaban J connectivity index is 1.57. The molecule has 0 saturated carbocycles. The van der Waals surface area contributed by atoms with Crippen LogP contribution in [0.1, 0.15) is 31.2 Å². The van der Waals surface area contributed by atoms with Gasteiger partial charge in [0.2, 0.25) is 11.8 Å². The summed E-state index contributed by atoms with van der Waals surface area (Å²) >= 11 is 0. The van der Waals surface area contributed by atoms with Crippen molar-refractivity contribution in [3.63, 3.8) is 0 Å². The first-order valence-corrected chi connectivity index (χ1v) is 7.84. The third kappa shape index (κ3) is 3.35. The van der Waals surface area contributed by atoms with E-state index in [1.807, 2.05) is 0 Å². The topological polar surface area (TPSA) is 46.6 Å². The molecule has 2 saturated heterocycles. The van der Waals surface area contributed by atoms with Gasteiger partial charge in [-0.15, -0.1) is 0 Å². The summed E-state index contributed by atoms with van der Waals surface area (Å²) in [6.45, 7) is 1.22. The van der Waals surface area contributed by atoms with E-state index in [1.54, 1.807) is 12.1 Å². The second kappa shape index (κ2) is 6.57. The van der Waals surface area contributed by atoms with Crippen LogP contribution in [0.2, 0.25) is 0 Å². The van der Waals surface area contributed by atoms with Crippen molar-refractivity contribution in [2.24, 2.45) is 5.92 Å². The summed E-state index contributed by atoms with van der Waals surface area (Å²) in [5.41, 5.74) is 0.883. The molecule has 22 heavy (non-hydrogen) atoms. The number of amides is 2. The van der Waals surface area contributed by atoms with Gasteiger partial charge in [-0.25, -0.2) is 4.39 Å². The highest BCUT2D eigenvalue weighted by Gasteiger charge is 2.38. The summed E-state index contributed by atoms with van der Waals surface area (Å²) in [6, 6.07) is 6.10. The molecule has 0 radical (unpaired) electrons. The number of hydrogen-bond donors (Lipinski definition) is 0. The van der Waals surface area contributed by atoms with E-state index >= 15 is 0 Å². The molecule has 2 aliphatic rings. The van der Waals surface area contributed by atoms with Crippen molar-refractivity contribution >= 4 is 11.8 Å². The highest BCUT2D eigenvalue weighted by molar-refractivity contribution is 6.03. The Kier molecular flexibility index (Phi) is 4.52. The van der Waals surface area contributed by atoms with Crippen molar-refractivity contribution in [1.82, 2.24) is 4.90 Å². The van der Waals surface area contributed by atoms with Crippen molar-refractivity contribution in [2.75, 3.05) is 13.2 Å². The maximum absolute atomic E-state index is 12.9. The number of rotatable bonds is 5. The van der Waals surface area contributed by atoms with Gasteiger partial charge >= 0.3 is 0 Å². The molecule has 118 valence electrons. The minimum absolute atomic E-state index is 0.102. The summed E-state index contributed by atoms with van der Waals surface area (Å²) < 4.78 is 18.4. The van der Waals surface area contributed by atoms with E-state index in [1.165, 1.54) is 17.0 Å². The first-order chi connectivity index (χ1) is 10.6. The highest BCUT2D eigenvalue weighted by Crippen LogP contribution is 2.25. The summed E-state index contributed by atoms with van der Waals surface area (Å²) in [7, 11) is 0. The summed E-state index contributed by atoms with van der Waals surface area (Å²) in [6.07, 6.45) is 3.70. The molecule has 2 fully saturated rings. The van der Waals surface area contributed by atoms with Crippen LogP contribution in [0.3, 0.4) is 0 Å². The van der Waals surface area contributed by atoms with Gasteiger partial charge in [-0.3, -0.25) is 14.5 Å². The van der Waals surface area contributed by atoms with Gasteiger partial charge < -0.3 is 4.74 Å². The Morgan fingerprint density at radius 2 is 2.00 bits per heavy atom. The monoisotopic (exact) mass is 305 g/mol. The Hall–Kier alpha value is -1.75. The van der Waals surface area contributed by atoms with Gasteiger partial charge in [-0.05, 0) is 43.4 Å². The fourth-order valence-corrected chi connectivity index (χ4v) is 3.20. The van der Waals surface area contributed by atoms with Crippen molar-refractivity contribution in [1.29, 1.82) is 0 Å². The quantitative estimate of drug-likeness (QED) is 0.784. The van der Waals surface area contributed by atoms with Gasteiger partial charge in [0.15, 0.2) is 0 Å². The van der Waals surface area contributed by atoms with E-state index in [2.05, 4.69) is 0 Å². The van der Waals surface area contributed by atoms with Crippen LogP contribution in [0.5, 0.6) is 0 Å². The summed E-state index contributed by atoms with van der Waals surface area (Å²) in [5.74, 6) is -0.819. The zero-order chi connectivity index (χ0) is 15.5. The smallest absolute Gasteiger partial charge is 0.233 e. The fraction of sp³-hybridized carbons (Fsp3) is 0.529. The van der Waals surface area contributed by atoms with Crippen molar-refractivity contribution < 1.29 is 18.7 Å². The number of carbonyl (C=O) groups is 2. The number of likely N-dealkylation sites (tertiary alicyclic amines) is 1. The predicted molar refractivity (Wildman–Crippen MR) is 78.5 cm³/mol. The average molecular weight is 305 g/mol. The van der Waals surface area contributed by atoms with E-state index < -0.39 is 0 Å². The first-order valence-electron chi connectivity index (χ1n) is 7.84. The molecular formula is C17H20FNO3. The summed E-state index contributed by atoms with van der Waals surface area (Å²) in [5, 5.41) is 0. The normalized spacial score (nSPS) is 25.2. The molecule has 0 unspecified atom stereocenters. The number of nitrogens with zero attached hydrogens (tertiary/aromatic N) is 1. The maximum atomic E-state index is 12.9. The van der Waals surface area contributed by atoms with Crippen LogP contribution in [0.15, 0.2) is 24.3 Å². The Bertz CT molecular complexity index is 552. The van der Waals surface area contributed by atoms with Crippen molar-refractivity contribution in [2.45, 2.75) is 38.2 Å². The molecule has 1 aromatic carbocycles. The lowest BCUT2D eigenvalue weighted by atomic mass is 9.98. The fourth-order valence-electron chi connectivity index (χ4n) is 3.20. The van der Waals surface area contributed by atoms with Gasteiger partial charge in [-0.1, -0.05) is 12.1 Å². The van der Waals surface area contributed by atoms with Crippen molar-refractivity contribution in [3.05, 3.63) is 35.6 Å². The van der Waals surface area contributed by atoms with Gasteiger partial charge in [0.25, 0.3) is 0 Å². The average Bonchev–Trinajstić information content (AvgIpc) is 3.10. The number of ether oxygens (including phenoxy) is 1. The molecule has 1 aromatic rings. The third-order valence-corrected chi connectivity index (χ3v) is 4.43. The van der Waals surface area contributed by atoms with Gasteiger partial charge in [-0.2, -0.15) is 0 Å². The molecule has 2 atom stereocenters. The summed E-state index contributed by atoms with van der Waals surface area (Å²) in [4.78, 5) is 25.8. The van der Waals surface area contributed by atoms with Gasteiger partial charge in [0, 0.05) is 19.6 Å². The minimum Gasteiger partial charge on any atom is -0.378 e. The number of carbonyl (C=O) groups excluding carboxylic acids is 2. The van der Waals surface area contributed by atoms with Gasteiger partial charge in [0.05, 0.1) is 12.0 Å². The Morgan fingerprint density at radius 1 is 1.23 bits per heavy atom. The largest absolute Gasteiger partial charge is 0.378 e. The van der Waals surface area contributed by atoms with Crippen LogP contribution >= 0.6 is 0 Å². The molecule has 0 bridgehead atoms. The number of hydrogen-bond acceptors (Lipinski definition) is 3. The molecule has 3 rings (SSSR count). The molecule has 5 heteroatoms. The SMILES string of the molecule is O=C1C[C@H](Cc2ccc(F)cc2)C(=O)N1CC[C@H]1CCCO1. The van der Waals surface area contributed by atoms with Crippen LogP contribution in [0.4, 0.5) is 4.39 Å². The predicted octanol–water partition coefficient (Wildman–Crippen LogP) is 2.31. The number of benzene rings is 1. The molecule has 4 nitrogen and oxygen atoms in total. The van der Waals surface area contributed by atoms with Crippen LogP contribution in [-0.2, 0) is 20.7 Å². The first kappa shape index (κ1) is 15.2. The molecule has 2 aliphatic heterocycles. The van der Waals surface area contributed by atoms with Crippen LogP contribution in [-0.4, -0.2) is 36.0 Å². The standard InChI is InChI=1S/C17H20FNO3/c18-14-5-3-12(4-6-14)10-13-11-16(20)19(17(13)21)8-7-15-2-1-9-22-15/h3-6,13,15H,1-2,7-11H2/t13-,15+/m0/s1. The van der Waals surface area contributed by atoms with Crippen molar-refractivity contribution in [3.8, 4) is 0 Å². The molecule has 2 amide bonds. The van der Waals surface area contributed by atoms with E-state index in [-0.39, 0.29) is 36.1 Å². The maximum Gasteiger partial charge on any atom is 0.233 e. The highest BCUT2D eigenvalue weighted by atomic mass is 19.1. The van der Waals surface area contributed by atoms with E-state index in [9.17, 15) is 14.0 Å². The third-order valence-electron chi connectivity index (χ3n) is 4.43. The molecule has 2 heterocycles. The Morgan fingerprint density at radius 3 is 2.68 bits per heavy atom. The van der Waals surface area contributed by atoms with E-state index in [0.29, 0.717) is 13.0 Å². The lowest BCUT2D eigenvalue weighted by molar-refractivity contribution is -0.139. The van der Waals surface area contributed by atoms with E-state index in [0.717, 1.165) is 31.4 Å². The zero-order valence-corrected chi connectivity index (χ0v) is 12.5. The zero-order valence-electron chi connectivity index (χ0n) is 12.5. The molecule has 0 aliphatic carbocycles. The minimum atomic E-state index is -0.317. The van der Waals surface area contributed by atoms with Crippen LogP contribution in [0, 0.1) is 11.7 Å². The van der Waals surface area contributed by atoms with E-state index in [4.69, 9.17) is 4.74 Å². The molecule has 0 spiro atoms. The number of halogens is 1. The van der Waals surface area contributed by atoms with Crippen LogP contribution in [0.25, 0.3) is 0 Å².